The number of ether oxygens (including phenoxy) is 1. The summed E-state index contributed by atoms with van der Waals surface area (Å²) < 4.78 is 20.1. The first-order valence-electron chi connectivity index (χ1n) is 6.46. The summed E-state index contributed by atoms with van der Waals surface area (Å²) in [6.07, 6.45) is 0.785. The molecule has 0 bridgehead atoms. The molecular formula is C15H14BrFN2O. The van der Waals surface area contributed by atoms with Crippen LogP contribution in [-0.2, 0) is 0 Å². The van der Waals surface area contributed by atoms with E-state index in [1.165, 1.54) is 6.07 Å². The molecule has 0 saturated heterocycles. The zero-order valence-electron chi connectivity index (χ0n) is 11.0. The molecule has 1 aliphatic rings. The van der Waals surface area contributed by atoms with Gasteiger partial charge in [0.05, 0.1) is 18.3 Å². The maximum Gasteiger partial charge on any atom is 0.165 e. The van der Waals surface area contributed by atoms with Crippen molar-refractivity contribution in [3.63, 3.8) is 0 Å². The minimum absolute atomic E-state index is 0.0162. The number of nitrogens with one attached hydrogen (secondary N) is 1. The Bertz CT molecular complexity index is 648. The van der Waals surface area contributed by atoms with E-state index in [0.717, 1.165) is 28.0 Å². The molecule has 0 unspecified atom stereocenters. The Hall–Kier alpha value is -1.62. The third-order valence-corrected chi connectivity index (χ3v) is 4.21. The maximum atomic E-state index is 13.7. The van der Waals surface area contributed by atoms with E-state index >= 15 is 0 Å². The van der Waals surface area contributed by atoms with Gasteiger partial charge >= 0.3 is 0 Å². The number of rotatable bonds is 2. The third kappa shape index (κ3) is 2.50. The second-order valence-corrected chi connectivity index (χ2v) is 5.61. The van der Waals surface area contributed by atoms with Crippen molar-refractivity contribution in [2.24, 2.45) is 0 Å². The van der Waals surface area contributed by atoms with Crippen molar-refractivity contribution in [3.05, 3.63) is 51.9 Å². The number of hydrogen-bond donors (Lipinski definition) is 1. The molecule has 0 amide bonds. The van der Waals surface area contributed by atoms with Crippen molar-refractivity contribution in [1.29, 1.82) is 0 Å². The van der Waals surface area contributed by atoms with Crippen molar-refractivity contribution in [2.75, 3.05) is 11.9 Å². The second-order valence-electron chi connectivity index (χ2n) is 4.76. The highest BCUT2D eigenvalue weighted by Gasteiger charge is 2.24. The number of benzene rings is 1. The van der Waals surface area contributed by atoms with Gasteiger partial charge in [-0.3, -0.25) is 0 Å². The lowest BCUT2D eigenvalue weighted by atomic mass is 10.0. The first kappa shape index (κ1) is 13.4. The van der Waals surface area contributed by atoms with Crippen LogP contribution in [0.1, 0.15) is 23.7 Å². The lowest BCUT2D eigenvalue weighted by Gasteiger charge is -2.27. The van der Waals surface area contributed by atoms with Crippen LogP contribution in [-0.4, -0.2) is 11.6 Å². The Morgan fingerprint density at radius 3 is 3.00 bits per heavy atom. The molecule has 0 saturated carbocycles. The van der Waals surface area contributed by atoms with Crippen molar-refractivity contribution < 1.29 is 9.13 Å². The van der Waals surface area contributed by atoms with Gasteiger partial charge in [-0.2, -0.15) is 0 Å². The van der Waals surface area contributed by atoms with E-state index in [2.05, 4.69) is 26.2 Å². The van der Waals surface area contributed by atoms with Crippen LogP contribution in [0.2, 0.25) is 0 Å². The number of para-hydroxylation sites is 1. The van der Waals surface area contributed by atoms with Gasteiger partial charge in [-0.1, -0.05) is 12.1 Å². The summed E-state index contributed by atoms with van der Waals surface area (Å²) in [5.41, 5.74) is 1.76. The van der Waals surface area contributed by atoms with Gasteiger partial charge in [0.2, 0.25) is 0 Å². The maximum absolute atomic E-state index is 13.7. The smallest absolute Gasteiger partial charge is 0.165 e. The average Bonchev–Trinajstić information content (AvgIpc) is 2.44. The Morgan fingerprint density at radius 1 is 1.35 bits per heavy atom. The van der Waals surface area contributed by atoms with E-state index < -0.39 is 0 Å². The Balaban J connectivity index is 1.89. The largest absolute Gasteiger partial charge is 0.490 e. The van der Waals surface area contributed by atoms with Crippen molar-refractivity contribution in [2.45, 2.75) is 19.4 Å². The van der Waals surface area contributed by atoms with Gasteiger partial charge in [-0.05, 0) is 41.1 Å². The summed E-state index contributed by atoms with van der Waals surface area (Å²) in [5, 5.41) is 3.35. The number of fused-ring (bicyclic) bond motifs is 1. The summed E-state index contributed by atoms with van der Waals surface area (Å²) in [6.45, 7) is 2.44. The van der Waals surface area contributed by atoms with E-state index in [9.17, 15) is 4.39 Å². The number of pyridine rings is 1. The molecule has 2 heterocycles. The molecule has 2 aromatic rings. The van der Waals surface area contributed by atoms with E-state index in [1.54, 1.807) is 6.07 Å². The van der Waals surface area contributed by atoms with E-state index in [1.807, 2.05) is 25.1 Å². The molecule has 0 radical (unpaired) electrons. The van der Waals surface area contributed by atoms with Crippen LogP contribution < -0.4 is 10.1 Å². The van der Waals surface area contributed by atoms with E-state index in [0.29, 0.717) is 12.4 Å². The fourth-order valence-electron chi connectivity index (χ4n) is 2.34. The Kier molecular flexibility index (Phi) is 3.61. The highest BCUT2D eigenvalue weighted by atomic mass is 79.9. The SMILES string of the molecule is Cc1nc(N[C@H]2CCOc3c(F)cccc32)ccc1Br. The zero-order chi connectivity index (χ0) is 14.1. The fraction of sp³-hybridized carbons (Fsp3) is 0.267. The summed E-state index contributed by atoms with van der Waals surface area (Å²) in [6, 6.07) is 8.90. The molecule has 104 valence electrons. The number of aromatic nitrogens is 1. The van der Waals surface area contributed by atoms with Crippen molar-refractivity contribution in [3.8, 4) is 5.75 Å². The minimum atomic E-state index is -0.311. The standard InChI is InChI=1S/C15H14BrFN2O/c1-9-11(16)5-6-14(18-9)19-13-7-8-20-15-10(13)3-2-4-12(15)17/h2-6,13H,7-8H2,1H3,(H,18,19)/t13-/m0/s1. The summed E-state index contributed by atoms with van der Waals surface area (Å²) in [4.78, 5) is 4.47. The van der Waals surface area contributed by atoms with Crippen LogP contribution in [0.5, 0.6) is 5.75 Å². The van der Waals surface area contributed by atoms with E-state index in [-0.39, 0.29) is 11.9 Å². The minimum Gasteiger partial charge on any atom is -0.490 e. The van der Waals surface area contributed by atoms with Gasteiger partial charge < -0.3 is 10.1 Å². The molecule has 1 N–H and O–H groups in total. The molecule has 1 atom stereocenters. The predicted octanol–water partition coefficient (Wildman–Crippen LogP) is 4.23. The predicted molar refractivity (Wildman–Crippen MR) is 79.5 cm³/mol. The van der Waals surface area contributed by atoms with Crippen molar-refractivity contribution in [1.82, 2.24) is 4.98 Å². The number of hydrogen-bond acceptors (Lipinski definition) is 3. The molecule has 1 aliphatic heterocycles. The van der Waals surface area contributed by atoms with Gasteiger partial charge in [0.25, 0.3) is 0 Å². The molecule has 0 spiro atoms. The topological polar surface area (TPSA) is 34.2 Å². The normalized spacial score (nSPS) is 17.2. The van der Waals surface area contributed by atoms with Gasteiger partial charge in [-0.15, -0.1) is 0 Å². The lowest BCUT2D eigenvalue weighted by molar-refractivity contribution is 0.260. The molecule has 20 heavy (non-hydrogen) atoms. The van der Waals surface area contributed by atoms with Crippen LogP contribution in [0.15, 0.2) is 34.8 Å². The molecule has 0 fully saturated rings. The van der Waals surface area contributed by atoms with Crippen LogP contribution in [0.4, 0.5) is 10.2 Å². The molecule has 5 heteroatoms. The van der Waals surface area contributed by atoms with E-state index in [4.69, 9.17) is 4.74 Å². The lowest BCUT2D eigenvalue weighted by Crippen LogP contribution is -2.21. The summed E-state index contributed by atoms with van der Waals surface area (Å²) in [7, 11) is 0. The first-order chi connectivity index (χ1) is 9.65. The summed E-state index contributed by atoms with van der Waals surface area (Å²) in [5.74, 6) is 0.826. The van der Waals surface area contributed by atoms with Gasteiger partial charge in [-0.25, -0.2) is 9.37 Å². The average molecular weight is 337 g/mol. The first-order valence-corrected chi connectivity index (χ1v) is 7.25. The van der Waals surface area contributed by atoms with Crippen LogP contribution in [0.25, 0.3) is 0 Å². The molecule has 1 aromatic carbocycles. The fourth-order valence-corrected chi connectivity index (χ4v) is 2.56. The van der Waals surface area contributed by atoms with Crippen molar-refractivity contribution >= 4 is 21.7 Å². The van der Waals surface area contributed by atoms with Gasteiger partial charge in [0, 0.05) is 16.5 Å². The molecular weight excluding hydrogens is 323 g/mol. The third-order valence-electron chi connectivity index (χ3n) is 3.37. The number of nitrogens with zero attached hydrogens (tertiary/aromatic N) is 1. The summed E-state index contributed by atoms with van der Waals surface area (Å²) >= 11 is 3.43. The molecule has 1 aromatic heterocycles. The Morgan fingerprint density at radius 2 is 2.20 bits per heavy atom. The molecule has 3 nitrogen and oxygen atoms in total. The second kappa shape index (κ2) is 5.40. The highest BCUT2D eigenvalue weighted by Crippen LogP contribution is 2.35. The molecule has 3 rings (SSSR count). The number of aryl methyl sites for hydroxylation is 1. The number of anilines is 1. The molecule has 0 aliphatic carbocycles. The van der Waals surface area contributed by atoms with Crippen LogP contribution >= 0.6 is 15.9 Å². The van der Waals surface area contributed by atoms with Crippen LogP contribution in [0, 0.1) is 12.7 Å². The van der Waals surface area contributed by atoms with Gasteiger partial charge in [0.15, 0.2) is 11.6 Å². The quantitative estimate of drug-likeness (QED) is 0.891. The number of halogens is 2. The zero-order valence-corrected chi connectivity index (χ0v) is 12.6. The van der Waals surface area contributed by atoms with Crippen LogP contribution in [0.3, 0.4) is 0 Å². The Labute approximate surface area is 125 Å². The monoisotopic (exact) mass is 336 g/mol. The van der Waals surface area contributed by atoms with Gasteiger partial charge in [0.1, 0.15) is 5.82 Å². The highest BCUT2D eigenvalue weighted by molar-refractivity contribution is 9.10.